The molecule has 3 aromatic rings. The van der Waals surface area contributed by atoms with Gasteiger partial charge in [-0.15, -0.1) is 12.4 Å². The zero-order valence-corrected chi connectivity index (χ0v) is 20.0. The second-order valence-electron chi connectivity index (χ2n) is 8.43. The first kappa shape index (κ1) is 22.6. The van der Waals surface area contributed by atoms with Gasteiger partial charge in [0.05, 0.1) is 23.9 Å². The Kier molecular flexibility index (Phi) is 6.44. The third-order valence-corrected chi connectivity index (χ3v) is 6.29. The molecule has 1 aliphatic rings. The first-order valence-electron chi connectivity index (χ1n) is 10.6. The third kappa shape index (κ3) is 3.48. The molecule has 0 amide bonds. The Morgan fingerprint density at radius 2 is 1.70 bits per heavy atom. The summed E-state index contributed by atoms with van der Waals surface area (Å²) in [4.78, 5) is 7.53. The summed E-state index contributed by atoms with van der Waals surface area (Å²) in [5.41, 5.74) is 10.7. The van der Waals surface area contributed by atoms with Crippen LogP contribution in [0.1, 0.15) is 47.0 Å². The monoisotopic (exact) mass is 428 g/mol. The molecule has 1 unspecified atom stereocenters. The summed E-state index contributed by atoms with van der Waals surface area (Å²) in [6.07, 6.45) is 2.06. The lowest BCUT2D eigenvalue weighted by Crippen LogP contribution is -2.37. The average molecular weight is 429 g/mol. The van der Waals surface area contributed by atoms with Gasteiger partial charge in [0.25, 0.3) is 0 Å². The predicted octanol–water partition coefficient (Wildman–Crippen LogP) is 5.15. The number of benzene rings is 1. The lowest BCUT2D eigenvalue weighted by molar-refractivity contribution is 0.175. The van der Waals surface area contributed by atoms with Crippen molar-refractivity contribution in [2.45, 2.75) is 60.4 Å². The Balaban J connectivity index is 0.00000256. The Hall–Kier alpha value is -2.11. The maximum Gasteiger partial charge on any atom is 0.165 e. The molecule has 0 bridgehead atoms. The first-order valence-corrected chi connectivity index (χ1v) is 10.6. The van der Waals surface area contributed by atoms with Crippen LogP contribution in [0.3, 0.4) is 0 Å². The minimum atomic E-state index is 0. The summed E-state index contributed by atoms with van der Waals surface area (Å²) in [7, 11) is 1.78. The molecular weight excluding hydrogens is 396 g/mol. The van der Waals surface area contributed by atoms with Gasteiger partial charge in [-0.25, -0.2) is 4.98 Å². The minimum absolute atomic E-state index is 0. The van der Waals surface area contributed by atoms with Crippen LogP contribution in [0.2, 0.25) is 0 Å². The molecule has 30 heavy (non-hydrogen) atoms. The Morgan fingerprint density at radius 3 is 2.30 bits per heavy atom. The number of fused-ring (bicyclic) bond motifs is 3. The number of methoxy groups -OCH3 is 1. The van der Waals surface area contributed by atoms with Gasteiger partial charge in [-0.1, -0.05) is 24.6 Å². The van der Waals surface area contributed by atoms with E-state index >= 15 is 0 Å². The summed E-state index contributed by atoms with van der Waals surface area (Å²) >= 11 is 0. The zero-order chi connectivity index (χ0) is 20.9. The minimum Gasteiger partial charge on any atom is -0.383 e. The average Bonchev–Trinajstić information content (AvgIpc) is 3.22. The molecule has 1 aliphatic heterocycles. The van der Waals surface area contributed by atoms with Gasteiger partial charge < -0.3 is 9.64 Å². The van der Waals surface area contributed by atoms with Crippen molar-refractivity contribution < 1.29 is 4.74 Å². The number of anilines is 1. The maximum absolute atomic E-state index is 5.52. The van der Waals surface area contributed by atoms with Gasteiger partial charge in [0, 0.05) is 24.9 Å². The fraction of sp³-hybridized carbons (Fsp3) is 0.500. The van der Waals surface area contributed by atoms with Gasteiger partial charge >= 0.3 is 0 Å². The van der Waals surface area contributed by atoms with E-state index < -0.39 is 0 Å². The molecule has 1 atom stereocenters. The van der Waals surface area contributed by atoms with Crippen LogP contribution in [-0.4, -0.2) is 40.9 Å². The van der Waals surface area contributed by atoms with Crippen molar-refractivity contribution in [1.29, 1.82) is 0 Å². The van der Waals surface area contributed by atoms with Crippen molar-refractivity contribution in [2.75, 3.05) is 25.2 Å². The quantitative estimate of drug-likeness (QED) is 0.563. The van der Waals surface area contributed by atoms with E-state index in [0.717, 1.165) is 48.6 Å². The van der Waals surface area contributed by atoms with E-state index in [1.165, 1.54) is 33.6 Å². The van der Waals surface area contributed by atoms with Gasteiger partial charge in [0.15, 0.2) is 5.65 Å². The molecule has 0 radical (unpaired) electrons. The van der Waals surface area contributed by atoms with Crippen LogP contribution >= 0.6 is 12.4 Å². The molecule has 5 nitrogen and oxygen atoms in total. The first-order chi connectivity index (χ1) is 13.9. The Labute approximate surface area is 185 Å². The molecule has 2 aromatic heterocycles. The summed E-state index contributed by atoms with van der Waals surface area (Å²) in [5, 5.41) is 5.01. The molecule has 4 rings (SSSR count). The van der Waals surface area contributed by atoms with Crippen molar-refractivity contribution in [2.24, 2.45) is 0 Å². The van der Waals surface area contributed by atoms with Gasteiger partial charge in [-0.05, 0) is 64.2 Å². The highest BCUT2D eigenvalue weighted by atomic mass is 35.5. The second kappa shape index (κ2) is 8.56. The summed E-state index contributed by atoms with van der Waals surface area (Å²) in [6, 6.07) is 4.86. The molecule has 1 aromatic carbocycles. The second-order valence-corrected chi connectivity index (χ2v) is 8.43. The number of rotatable bonds is 5. The number of halogens is 1. The Bertz CT molecular complexity index is 1070. The largest absolute Gasteiger partial charge is 0.383 e. The Morgan fingerprint density at radius 1 is 1.03 bits per heavy atom. The highest BCUT2D eigenvalue weighted by molar-refractivity contribution is 5.86. The van der Waals surface area contributed by atoms with Crippen LogP contribution in [0.15, 0.2) is 12.1 Å². The molecule has 6 heteroatoms. The van der Waals surface area contributed by atoms with Crippen molar-refractivity contribution in [1.82, 2.24) is 14.6 Å². The van der Waals surface area contributed by atoms with Crippen LogP contribution in [0.25, 0.3) is 16.8 Å². The van der Waals surface area contributed by atoms with Crippen molar-refractivity contribution in [3.8, 4) is 11.1 Å². The summed E-state index contributed by atoms with van der Waals surface area (Å²) < 4.78 is 7.61. The van der Waals surface area contributed by atoms with E-state index in [-0.39, 0.29) is 12.4 Å². The van der Waals surface area contributed by atoms with E-state index in [1.54, 1.807) is 7.11 Å². The smallest absolute Gasteiger partial charge is 0.165 e. The van der Waals surface area contributed by atoms with Crippen LogP contribution in [0, 0.1) is 34.6 Å². The van der Waals surface area contributed by atoms with Gasteiger partial charge in [0.2, 0.25) is 0 Å². The SMILES string of the molecule is CCC(COC)N1CCc2c(C)nc3c(-c4c(C)cc(C)cc4C)c(C)nn3c21.Cl. The molecule has 0 fully saturated rings. The number of aryl methyl sites for hydroxylation is 5. The fourth-order valence-electron chi connectivity index (χ4n) is 5.05. The topological polar surface area (TPSA) is 42.7 Å². The van der Waals surface area contributed by atoms with E-state index in [4.69, 9.17) is 14.8 Å². The molecule has 0 saturated heterocycles. The van der Waals surface area contributed by atoms with Gasteiger partial charge in [-0.2, -0.15) is 9.61 Å². The number of ether oxygens (including phenoxy) is 1. The molecule has 0 N–H and O–H groups in total. The molecule has 3 heterocycles. The number of aromatic nitrogens is 3. The molecule has 0 aliphatic carbocycles. The van der Waals surface area contributed by atoms with Crippen LogP contribution < -0.4 is 4.90 Å². The van der Waals surface area contributed by atoms with E-state index in [0.29, 0.717) is 6.04 Å². The van der Waals surface area contributed by atoms with Crippen LogP contribution in [0.5, 0.6) is 0 Å². The van der Waals surface area contributed by atoms with Crippen LogP contribution in [-0.2, 0) is 11.2 Å². The van der Waals surface area contributed by atoms with Crippen molar-refractivity contribution in [3.63, 3.8) is 0 Å². The predicted molar refractivity (Wildman–Crippen MR) is 126 cm³/mol. The summed E-state index contributed by atoms with van der Waals surface area (Å²) in [6.45, 7) is 14.7. The fourth-order valence-corrected chi connectivity index (χ4v) is 5.05. The number of hydrogen-bond donors (Lipinski definition) is 0. The lowest BCUT2D eigenvalue weighted by Gasteiger charge is -2.29. The number of hydrogen-bond acceptors (Lipinski definition) is 4. The molecule has 162 valence electrons. The summed E-state index contributed by atoms with van der Waals surface area (Å²) in [5.74, 6) is 1.20. The van der Waals surface area contributed by atoms with Crippen molar-refractivity contribution >= 4 is 23.9 Å². The van der Waals surface area contributed by atoms with Gasteiger partial charge in [-0.3, -0.25) is 0 Å². The van der Waals surface area contributed by atoms with Crippen LogP contribution in [0.4, 0.5) is 5.82 Å². The maximum atomic E-state index is 5.52. The standard InChI is InChI=1S/C24H32N4O.ClH/c1-8-19(13-29-7)27-10-9-20-17(5)25-23-22(18(6)26-28(23)24(20)27)21-15(3)11-14(2)12-16(21)4;/h11-12,19H,8-10,13H2,1-7H3;1H. The van der Waals surface area contributed by atoms with E-state index in [9.17, 15) is 0 Å². The molecule has 0 spiro atoms. The highest BCUT2D eigenvalue weighted by Crippen LogP contribution is 2.38. The van der Waals surface area contributed by atoms with Gasteiger partial charge in [0.1, 0.15) is 5.82 Å². The third-order valence-electron chi connectivity index (χ3n) is 6.29. The highest BCUT2D eigenvalue weighted by Gasteiger charge is 2.32. The zero-order valence-electron chi connectivity index (χ0n) is 19.2. The molecular formula is C24H33ClN4O. The number of nitrogens with zero attached hydrogens (tertiary/aromatic N) is 4. The normalized spacial score (nSPS) is 14.2. The van der Waals surface area contributed by atoms with Crippen molar-refractivity contribution in [3.05, 3.63) is 45.8 Å². The lowest BCUT2D eigenvalue weighted by atomic mass is 9.94. The molecule has 0 saturated carbocycles. The van der Waals surface area contributed by atoms with E-state index in [1.807, 2.05) is 0 Å². The van der Waals surface area contributed by atoms with E-state index in [2.05, 4.69) is 63.1 Å².